The van der Waals surface area contributed by atoms with Crippen LogP contribution in [-0.2, 0) is 0 Å². The normalized spacial score (nSPS) is 21.2. The molecule has 3 heterocycles. The molecule has 2 aromatic heterocycles. The monoisotopic (exact) mass is 535 g/mol. The van der Waals surface area contributed by atoms with Gasteiger partial charge in [-0.05, 0) is 47.7 Å². The van der Waals surface area contributed by atoms with Crippen LogP contribution in [0.25, 0.3) is 42.0 Å². The fraction of sp³-hybridized carbons (Fsp3) is 0.167. The number of aliphatic imine (C=N–C) groups is 2. The van der Waals surface area contributed by atoms with Gasteiger partial charge in [-0.25, -0.2) is 9.98 Å². The van der Waals surface area contributed by atoms with E-state index in [4.69, 9.17) is 9.98 Å². The van der Waals surface area contributed by atoms with E-state index in [1.165, 1.54) is 42.1 Å². The average Bonchev–Trinajstić information content (AvgIpc) is 3.51. The maximum Gasteiger partial charge on any atom is 0.230 e. The number of fused-ring (bicyclic) bond motifs is 6. The summed E-state index contributed by atoms with van der Waals surface area (Å²) in [6, 6.07) is 32.9. The predicted molar refractivity (Wildman–Crippen MR) is 172 cm³/mol. The number of aromatic nitrogens is 1. The molecule has 3 atom stereocenters. The molecule has 194 valence electrons. The molecule has 0 spiro atoms. The lowest BCUT2D eigenvalue weighted by Crippen LogP contribution is -2.29. The zero-order valence-corrected chi connectivity index (χ0v) is 23.4. The molecule has 0 saturated heterocycles. The van der Waals surface area contributed by atoms with E-state index in [-0.39, 0.29) is 12.0 Å². The molecule has 0 amide bonds. The number of para-hydroxylation sites is 1. The zero-order chi connectivity index (χ0) is 26.8. The lowest BCUT2D eigenvalue weighted by Gasteiger charge is -2.30. The summed E-state index contributed by atoms with van der Waals surface area (Å²) in [5.41, 5.74) is 6.02. The van der Waals surface area contributed by atoms with E-state index in [2.05, 4.69) is 128 Å². The minimum absolute atomic E-state index is 0.00455. The first-order valence-corrected chi connectivity index (χ1v) is 14.9. The van der Waals surface area contributed by atoms with Crippen molar-refractivity contribution < 1.29 is 0 Å². The topological polar surface area (TPSA) is 29.6 Å². The number of rotatable bonds is 2. The minimum atomic E-state index is -0.00455. The van der Waals surface area contributed by atoms with Gasteiger partial charge in [-0.3, -0.25) is 4.57 Å². The van der Waals surface area contributed by atoms with Crippen molar-refractivity contribution in [3.05, 3.63) is 120 Å². The third-order valence-electron chi connectivity index (χ3n) is 8.50. The molecule has 3 unspecified atom stereocenters. The van der Waals surface area contributed by atoms with E-state index >= 15 is 0 Å². The lowest BCUT2D eigenvalue weighted by molar-refractivity contribution is 0.582. The largest absolute Gasteiger partial charge is 0.278 e. The van der Waals surface area contributed by atoms with Crippen molar-refractivity contribution in [2.75, 3.05) is 0 Å². The first-order valence-electron chi connectivity index (χ1n) is 14.1. The number of allylic oxidation sites excluding steroid dienone is 4. The van der Waals surface area contributed by atoms with Crippen LogP contribution >= 0.6 is 11.3 Å². The highest BCUT2D eigenvalue weighted by molar-refractivity contribution is 7.25. The summed E-state index contributed by atoms with van der Waals surface area (Å²) in [6.07, 6.45) is 7.74. The van der Waals surface area contributed by atoms with E-state index < -0.39 is 0 Å². The Morgan fingerprint density at radius 3 is 2.38 bits per heavy atom. The molecule has 8 rings (SSSR count). The van der Waals surface area contributed by atoms with Crippen LogP contribution in [0.4, 0.5) is 0 Å². The van der Waals surface area contributed by atoms with Crippen LogP contribution in [0.3, 0.4) is 0 Å². The molecule has 1 aliphatic heterocycles. The zero-order valence-electron chi connectivity index (χ0n) is 22.6. The van der Waals surface area contributed by atoms with Gasteiger partial charge in [0.05, 0.1) is 22.8 Å². The number of hydrogen-bond donors (Lipinski definition) is 0. The van der Waals surface area contributed by atoms with Gasteiger partial charge in [0, 0.05) is 36.9 Å². The van der Waals surface area contributed by atoms with Crippen molar-refractivity contribution in [2.45, 2.75) is 26.3 Å². The first-order chi connectivity index (χ1) is 19.7. The maximum atomic E-state index is 5.41. The fourth-order valence-electron chi connectivity index (χ4n) is 6.55. The Kier molecular flexibility index (Phi) is 5.39. The van der Waals surface area contributed by atoms with Crippen LogP contribution in [-0.4, -0.2) is 16.2 Å². The van der Waals surface area contributed by atoms with Crippen molar-refractivity contribution in [3.63, 3.8) is 0 Å². The predicted octanol–water partition coefficient (Wildman–Crippen LogP) is 9.72. The van der Waals surface area contributed by atoms with E-state index in [0.29, 0.717) is 5.92 Å². The minimum Gasteiger partial charge on any atom is -0.278 e. The summed E-state index contributed by atoms with van der Waals surface area (Å²) in [5, 5.41) is 5.11. The van der Waals surface area contributed by atoms with Crippen molar-refractivity contribution in [1.82, 2.24) is 4.57 Å². The standard InChI is InChI=1S/C36H29N3S/c1-22-11-10-14-25(19-22)35-23(2)34(24-12-4-3-5-13-24)37-36(38-35)39-30-17-8-6-15-26(30)28-20-29-27-16-7-9-18-32(27)40-33(29)21-31(28)39/h3-18,20-23,34H,19H2,1-2H3. The molecule has 0 radical (unpaired) electrons. The Morgan fingerprint density at radius 1 is 0.750 bits per heavy atom. The smallest absolute Gasteiger partial charge is 0.230 e. The second kappa shape index (κ2) is 9.14. The van der Waals surface area contributed by atoms with Gasteiger partial charge in [0.15, 0.2) is 0 Å². The van der Waals surface area contributed by atoms with E-state index in [1.807, 2.05) is 11.3 Å². The Labute approximate surface area is 237 Å². The summed E-state index contributed by atoms with van der Waals surface area (Å²) >= 11 is 1.86. The van der Waals surface area contributed by atoms with Crippen LogP contribution in [0.1, 0.15) is 31.9 Å². The third-order valence-corrected chi connectivity index (χ3v) is 9.63. The molecule has 1 aliphatic carbocycles. The number of thiophene rings is 1. The Balaban J connectivity index is 1.42. The lowest BCUT2D eigenvalue weighted by atomic mass is 9.82. The van der Waals surface area contributed by atoms with Crippen LogP contribution in [0, 0.1) is 11.8 Å². The average molecular weight is 536 g/mol. The Morgan fingerprint density at radius 2 is 1.52 bits per heavy atom. The van der Waals surface area contributed by atoms with E-state index in [9.17, 15) is 0 Å². The van der Waals surface area contributed by atoms with Gasteiger partial charge in [-0.1, -0.05) is 98.8 Å². The number of hydrogen-bond acceptors (Lipinski definition) is 3. The Bertz CT molecular complexity index is 2070. The van der Waals surface area contributed by atoms with Gasteiger partial charge in [-0.15, -0.1) is 11.3 Å². The summed E-state index contributed by atoms with van der Waals surface area (Å²) in [6.45, 7) is 4.57. The van der Waals surface area contributed by atoms with Crippen molar-refractivity contribution in [3.8, 4) is 0 Å². The molecular weight excluding hydrogens is 506 g/mol. The second-order valence-corrected chi connectivity index (χ2v) is 12.2. The number of benzene rings is 4. The van der Waals surface area contributed by atoms with Crippen LogP contribution in [0.2, 0.25) is 0 Å². The fourth-order valence-corrected chi connectivity index (χ4v) is 7.67. The van der Waals surface area contributed by atoms with Crippen LogP contribution in [0.5, 0.6) is 0 Å². The molecule has 2 aliphatic rings. The van der Waals surface area contributed by atoms with Gasteiger partial charge < -0.3 is 0 Å². The SMILES string of the molecule is CC1C=CC=C(C2=NC(n3c4ccccc4c4cc5c(cc43)sc3ccccc35)=NC(c3ccccc3)C2C)C1. The molecule has 40 heavy (non-hydrogen) atoms. The molecule has 4 heteroatoms. The summed E-state index contributed by atoms with van der Waals surface area (Å²) < 4.78 is 4.92. The quantitative estimate of drug-likeness (QED) is 0.211. The summed E-state index contributed by atoms with van der Waals surface area (Å²) in [4.78, 5) is 10.8. The molecular formula is C36H29N3S. The van der Waals surface area contributed by atoms with Crippen molar-refractivity contribution in [1.29, 1.82) is 0 Å². The van der Waals surface area contributed by atoms with E-state index in [1.54, 1.807) is 0 Å². The molecule has 6 aromatic rings. The van der Waals surface area contributed by atoms with Crippen molar-refractivity contribution in [2.24, 2.45) is 21.8 Å². The molecule has 0 saturated carbocycles. The van der Waals surface area contributed by atoms with Gasteiger partial charge in [0.2, 0.25) is 5.96 Å². The van der Waals surface area contributed by atoms with E-state index in [0.717, 1.165) is 29.1 Å². The van der Waals surface area contributed by atoms with Gasteiger partial charge in [-0.2, -0.15) is 0 Å². The molecule has 3 nitrogen and oxygen atoms in total. The van der Waals surface area contributed by atoms with Crippen molar-refractivity contribution >= 4 is 65.0 Å². The maximum absolute atomic E-state index is 5.41. The van der Waals surface area contributed by atoms with Gasteiger partial charge in [0.25, 0.3) is 0 Å². The van der Waals surface area contributed by atoms with Gasteiger partial charge >= 0.3 is 0 Å². The summed E-state index contributed by atoms with van der Waals surface area (Å²) in [5.74, 6) is 1.46. The first kappa shape index (κ1) is 23.6. The highest BCUT2D eigenvalue weighted by Crippen LogP contribution is 2.41. The van der Waals surface area contributed by atoms with Gasteiger partial charge in [0.1, 0.15) is 0 Å². The Hall–Kier alpha value is -4.28. The summed E-state index contributed by atoms with van der Waals surface area (Å²) in [7, 11) is 0. The van der Waals surface area contributed by atoms with Crippen LogP contribution in [0.15, 0.2) is 125 Å². The third kappa shape index (κ3) is 3.63. The molecule has 4 aromatic carbocycles. The number of nitrogens with zero attached hydrogens (tertiary/aromatic N) is 3. The highest BCUT2D eigenvalue weighted by atomic mass is 32.1. The molecule has 0 bridgehead atoms. The second-order valence-electron chi connectivity index (χ2n) is 11.1. The molecule has 0 fully saturated rings. The van der Waals surface area contributed by atoms with Crippen LogP contribution < -0.4 is 0 Å². The highest BCUT2D eigenvalue weighted by Gasteiger charge is 2.32. The molecule has 0 N–H and O–H groups in total.